The maximum absolute atomic E-state index is 12.6. The average molecular weight is 391 g/mol. The van der Waals surface area contributed by atoms with Crippen molar-refractivity contribution in [2.75, 3.05) is 12.4 Å². The maximum atomic E-state index is 12.6. The standard InChI is InChI=1S/C22H25N5O2/c1-15-20(16(2)27(3)26-15)14-23-22(24-18-10-12-19(29-4)13-11-18)25-21(28)17-8-6-5-7-9-17/h5-13H,14H2,1-4H3,(H2,23,24,25,28). The highest BCUT2D eigenvalue weighted by Gasteiger charge is 2.12. The van der Waals surface area contributed by atoms with Gasteiger partial charge in [-0.15, -0.1) is 0 Å². The first kappa shape index (κ1) is 20.1. The van der Waals surface area contributed by atoms with Crippen molar-refractivity contribution < 1.29 is 9.53 Å². The van der Waals surface area contributed by atoms with Gasteiger partial charge in [-0.05, 0) is 50.2 Å². The van der Waals surface area contributed by atoms with E-state index in [9.17, 15) is 4.79 Å². The molecule has 1 aromatic heterocycles. The van der Waals surface area contributed by atoms with Gasteiger partial charge in [0.15, 0.2) is 0 Å². The molecule has 2 aromatic carbocycles. The topological polar surface area (TPSA) is 80.5 Å². The van der Waals surface area contributed by atoms with Crippen molar-refractivity contribution in [3.05, 3.63) is 77.1 Å². The van der Waals surface area contributed by atoms with Crippen LogP contribution in [-0.2, 0) is 13.6 Å². The SMILES string of the molecule is COc1ccc(NC(=NCc2c(C)nn(C)c2C)NC(=O)c2ccccc2)cc1. The molecule has 0 saturated heterocycles. The first-order valence-corrected chi connectivity index (χ1v) is 9.29. The highest BCUT2D eigenvalue weighted by molar-refractivity contribution is 6.09. The van der Waals surface area contributed by atoms with Gasteiger partial charge in [-0.1, -0.05) is 18.2 Å². The van der Waals surface area contributed by atoms with Gasteiger partial charge in [0.25, 0.3) is 5.91 Å². The number of aliphatic imine (C=N–C) groups is 1. The van der Waals surface area contributed by atoms with E-state index in [-0.39, 0.29) is 5.91 Å². The fourth-order valence-electron chi connectivity index (χ4n) is 2.90. The number of aryl methyl sites for hydroxylation is 2. The van der Waals surface area contributed by atoms with Gasteiger partial charge < -0.3 is 10.1 Å². The number of ether oxygens (including phenoxy) is 1. The molecule has 0 spiro atoms. The molecule has 29 heavy (non-hydrogen) atoms. The zero-order chi connectivity index (χ0) is 20.8. The van der Waals surface area contributed by atoms with Crippen molar-refractivity contribution in [2.24, 2.45) is 12.0 Å². The molecule has 0 aliphatic rings. The molecular weight excluding hydrogens is 366 g/mol. The monoisotopic (exact) mass is 391 g/mol. The summed E-state index contributed by atoms with van der Waals surface area (Å²) < 4.78 is 7.03. The fourth-order valence-corrected chi connectivity index (χ4v) is 2.90. The van der Waals surface area contributed by atoms with Crippen LogP contribution in [0.2, 0.25) is 0 Å². The minimum atomic E-state index is -0.231. The van der Waals surface area contributed by atoms with E-state index in [1.807, 2.05) is 68.0 Å². The number of anilines is 1. The summed E-state index contributed by atoms with van der Waals surface area (Å²) in [5.74, 6) is 0.889. The number of hydrogen-bond acceptors (Lipinski definition) is 4. The Morgan fingerprint density at radius 3 is 2.38 bits per heavy atom. The third-order valence-corrected chi connectivity index (χ3v) is 4.67. The Morgan fingerprint density at radius 2 is 1.79 bits per heavy atom. The number of methoxy groups -OCH3 is 1. The summed E-state index contributed by atoms with van der Waals surface area (Å²) in [6, 6.07) is 16.5. The van der Waals surface area contributed by atoms with Gasteiger partial charge in [0.2, 0.25) is 5.96 Å². The number of benzene rings is 2. The molecule has 0 fully saturated rings. The zero-order valence-electron chi connectivity index (χ0n) is 17.1. The van der Waals surface area contributed by atoms with Crippen LogP contribution in [0.4, 0.5) is 5.69 Å². The average Bonchev–Trinajstić information content (AvgIpc) is 2.98. The van der Waals surface area contributed by atoms with E-state index < -0.39 is 0 Å². The van der Waals surface area contributed by atoms with Gasteiger partial charge >= 0.3 is 0 Å². The lowest BCUT2D eigenvalue weighted by Crippen LogP contribution is -2.36. The minimum Gasteiger partial charge on any atom is -0.497 e. The number of rotatable bonds is 5. The second kappa shape index (κ2) is 9.05. The molecule has 0 saturated carbocycles. The van der Waals surface area contributed by atoms with Crippen molar-refractivity contribution in [1.29, 1.82) is 0 Å². The molecule has 2 N–H and O–H groups in total. The van der Waals surface area contributed by atoms with Crippen molar-refractivity contribution in [3.63, 3.8) is 0 Å². The number of nitrogens with one attached hydrogen (secondary N) is 2. The van der Waals surface area contributed by atoms with Crippen LogP contribution in [0, 0.1) is 13.8 Å². The maximum Gasteiger partial charge on any atom is 0.257 e. The van der Waals surface area contributed by atoms with Gasteiger partial charge in [0, 0.05) is 29.6 Å². The largest absolute Gasteiger partial charge is 0.497 e. The number of aromatic nitrogens is 2. The molecule has 0 bridgehead atoms. The van der Waals surface area contributed by atoms with E-state index in [2.05, 4.69) is 20.7 Å². The Bertz CT molecular complexity index is 1010. The molecule has 3 aromatic rings. The molecule has 7 heteroatoms. The summed E-state index contributed by atoms with van der Waals surface area (Å²) in [6.07, 6.45) is 0. The van der Waals surface area contributed by atoms with Crippen LogP contribution in [0.5, 0.6) is 5.75 Å². The lowest BCUT2D eigenvalue weighted by molar-refractivity contribution is 0.0977. The summed E-state index contributed by atoms with van der Waals surface area (Å²) in [5, 5.41) is 10.5. The van der Waals surface area contributed by atoms with Crippen LogP contribution in [0.15, 0.2) is 59.6 Å². The number of hydrogen-bond donors (Lipinski definition) is 2. The Labute approximate surface area is 170 Å². The van der Waals surface area contributed by atoms with E-state index >= 15 is 0 Å². The summed E-state index contributed by atoms with van der Waals surface area (Å²) in [7, 11) is 3.53. The number of amides is 1. The van der Waals surface area contributed by atoms with Crippen LogP contribution in [-0.4, -0.2) is 28.8 Å². The second-order valence-electron chi connectivity index (χ2n) is 6.61. The third-order valence-electron chi connectivity index (χ3n) is 4.67. The fraction of sp³-hybridized carbons (Fsp3) is 0.227. The number of carbonyl (C=O) groups is 1. The van der Waals surface area contributed by atoms with E-state index in [0.29, 0.717) is 18.1 Å². The molecule has 1 amide bonds. The highest BCUT2D eigenvalue weighted by atomic mass is 16.5. The number of carbonyl (C=O) groups excluding carboxylic acids is 1. The van der Waals surface area contributed by atoms with Crippen molar-refractivity contribution in [3.8, 4) is 5.75 Å². The van der Waals surface area contributed by atoms with Gasteiger partial charge in [0.1, 0.15) is 5.75 Å². The molecule has 0 unspecified atom stereocenters. The normalized spacial score (nSPS) is 11.2. The Morgan fingerprint density at radius 1 is 1.10 bits per heavy atom. The summed E-state index contributed by atoms with van der Waals surface area (Å²) in [4.78, 5) is 17.2. The van der Waals surface area contributed by atoms with E-state index in [4.69, 9.17) is 4.74 Å². The molecule has 1 heterocycles. The van der Waals surface area contributed by atoms with Crippen LogP contribution in [0.3, 0.4) is 0 Å². The molecular formula is C22H25N5O2. The second-order valence-corrected chi connectivity index (χ2v) is 6.61. The Hall–Kier alpha value is -3.61. The van der Waals surface area contributed by atoms with Gasteiger partial charge in [-0.3, -0.25) is 14.8 Å². The Balaban J connectivity index is 1.84. The number of guanidine groups is 1. The van der Waals surface area contributed by atoms with Crippen molar-refractivity contribution in [1.82, 2.24) is 15.1 Å². The third kappa shape index (κ3) is 5.01. The molecule has 0 radical (unpaired) electrons. The minimum absolute atomic E-state index is 0.231. The predicted molar refractivity (Wildman–Crippen MR) is 114 cm³/mol. The van der Waals surface area contributed by atoms with Crippen LogP contribution in [0.1, 0.15) is 27.3 Å². The Kier molecular flexibility index (Phi) is 6.29. The number of nitrogens with zero attached hydrogens (tertiary/aromatic N) is 3. The zero-order valence-corrected chi connectivity index (χ0v) is 17.1. The van der Waals surface area contributed by atoms with Crippen LogP contribution >= 0.6 is 0 Å². The van der Waals surface area contributed by atoms with Gasteiger partial charge in [-0.2, -0.15) is 5.10 Å². The van der Waals surface area contributed by atoms with Gasteiger partial charge in [-0.25, -0.2) is 4.99 Å². The van der Waals surface area contributed by atoms with Crippen LogP contribution in [0.25, 0.3) is 0 Å². The summed E-state index contributed by atoms with van der Waals surface area (Å²) in [5.41, 5.74) is 4.36. The van der Waals surface area contributed by atoms with Crippen molar-refractivity contribution in [2.45, 2.75) is 20.4 Å². The van der Waals surface area contributed by atoms with Gasteiger partial charge in [0.05, 0.1) is 19.3 Å². The summed E-state index contributed by atoms with van der Waals surface area (Å²) >= 11 is 0. The molecule has 0 atom stereocenters. The highest BCUT2D eigenvalue weighted by Crippen LogP contribution is 2.16. The van der Waals surface area contributed by atoms with E-state index in [0.717, 1.165) is 28.4 Å². The lowest BCUT2D eigenvalue weighted by atomic mass is 10.2. The quantitative estimate of drug-likeness (QED) is 0.516. The molecule has 0 aliphatic carbocycles. The lowest BCUT2D eigenvalue weighted by Gasteiger charge is -2.12. The predicted octanol–water partition coefficient (Wildman–Crippen LogP) is 3.44. The first-order valence-electron chi connectivity index (χ1n) is 9.29. The summed E-state index contributed by atoms with van der Waals surface area (Å²) in [6.45, 7) is 4.36. The van der Waals surface area contributed by atoms with Crippen LogP contribution < -0.4 is 15.4 Å². The van der Waals surface area contributed by atoms with E-state index in [1.54, 1.807) is 19.2 Å². The van der Waals surface area contributed by atoms with E-state index in [1.165, 1.54) is 0 Å². The molecule has 3 rings (SSSR count). The smallest absolute Gasteiger partial charge is 0.257 e. The first-order chi connectivity index (χ1) is 14.0. The molecule has 0 aliphatic heterocycles. The molecule has 150 valence electrons. The van der Waals surface area contributed by atoms with Crippen molar-refractivity contribution >= 4 is 17.6 Å². The molecule has 7 nitrogen and oxygen atoms in total.